The lowest BCUT2D eigenvalue weighted by Crippen LogP contribution is -2.19. The van der Waals surface area contributed by atoms with Crippen LogP contribution in [-0.4, -0.2) is 29.6 Å². The number of carbonyl (C=O) groups is 1. The van der Waals surface area contributed by atoms with E-state index in [-0.39, 0.29) is 40.0 Å². The summed E-state index contributed by atoms with van der Waals surface area (Å²) in [5.41, 5.74) is 0.591. The van der Waals surface area contributed by atoms with E-state index >= 15 is 0 Å². The Morgan fingerprint density at radius 1 is 1.06 bits per heavy atom. The van der Waals surface area contributed by atoms with Gasteiger partial charge >= 0.3 is 12.4 Å². The second-order valence-electron chi connectivity index (χ2n) is 7.68. The van der Waals surface area contributed by atoms with Crippen LogP contribution in [0, 0.1) is 5.92 Å². The number of rotatable bonds is 9. The van der Waals surface area contributed by atoms with Crippen molar-refractivity contribution in [2.24, 2.45) is 5.92 Å². The van der Waals surface area contributed by atoms with Gasteiger partial charge in [0, 0.05) is 20.9 Å². The summed E-state index contributed by atoms with van der Waals surface area (Å²) in [7, 11) is 0. The quantitative estimate of drug-likeness (QED) is 0.198. The molecule has 0 saturated heterocycles. The minimum Gasteiger partial charge on any atom is -0.294 e. The average Bonchev–Trinajstić information content (AvgIpc) is 2.65. The van der Waals surface area contributed by atoms with Crippen molar-refractivity contribution in [3.8, 4) is 0 Å². The second kappa shape index (κ2) is 12.3. The minimum absolute atomic E-state index is 0.00761. The molecule has 0 aromatic heterocycles. The molecule has 11 heteroatoms. The summed E-state index contributed by atoms with van der Waals surface area (Å²) in [5, 5.41) is 0.0658. The number of Topliss-reactive ketones (excluding diaryl/α,β-unsaturated/α-hetero) is 1. The molecular formula is C23H19Br2ClF6OS. The van der Waals surface area contributed by atoms with Crippen molar-refractivity contribution in [1.82, 2.24) is 0 Å². The van der Waals surface area contributed by atoms with Crippen molar-refractivity contribution in [3.63, 3.8) is 0 Å². The van der Waals surface area contributed by atoms with Crippen LogP contribution in [0.2, 0.25) is 5.02 Å². The molecular weight excluding hydrogens is 634 g/mol. The Kier molecular flexibility index (Phi) is 10.6. The van der Waals surface area contributed by atoms with Gasteiger partial charge in [0.2, 0.25) is 0 Å². The van der Waals surface area contributed by atoms with E-state index < -0.39 is 24.0 Å². The number of ketones is 1. The molecule has 0 aliphatic rings. The molecule has 2 aromatic rings. The second-order valence-corrected chi connectivity index (χ2v) is 11.0. The van der Waals surface area contributed by atoms with Crippen LogP contribution in [0.3, 0.4) is 0 Å². The van der Waals surface area contributed by atoms with Gasteiger partial charge in [-0.25, -0.2) is 0 Å². The van der Waals surface area contributed by atoms with Crippen LogP contribution in [0.4, 0.5) is 26.3 Å². The predicted molar refractivity (Wildman–Crippen MR) is 133 cm³/mol. The van der Waals surface area contributed by atoms with Gasteiger partial charge in [0.1, 0.15) is 0 Å². The summed E-state index contributed by atoms with van der Waals surface area (Å²) in [6, 6.07) is 8.68. The number of hydrogen-bond donors (Lipinski definition) is 0. The van der Waals surface area contributed by atoms with E-state index in [1.807, 2.05) is 0 Å². The lowest BCUT2D eigenvalue weighted by molar-refractivity contribution is -0.139. The molecule has 186 valence electrons. The minimum atomic E-state index is -4.53. The van der Waals surface area contributed by atoms with Crippen LogP contribution in [0.5, 0.6) is 0 Å². The maximum absolute atomic E-state index is 13.7. The molecule has 0 aliphatic heterocycles. The third-order valence-electron chi connectivity index (χ3n) is 4.57. The summed E-state index contributed by atoms with van der Waals surface area (Å²) in [6.45, 7) is 1.67. The largest absolute Gasteiger partial charge is 0.399 e. The molecule has 0 saturated carbocycles. The fourth-order valence-corrected chi connectivity index (χ4v) is 5.59. The molecule has 1 nitrogen and oxygen atoms in total. The molecule has 1 unspecified atom stereocenters. The Labute approximate surface area is 219 Å². The third-order valence-corrected chi connectivity index (χ3v) is 7.14. The van der Waals surface area contributed by atoms with E-state index in [0.29, 0.717) is 26.3 Å². The maximum atomic E-state index is 13.7. The van der Waals surface area contributed by atoms with Gasteiger partial charge in [-0.1, -0.05) is 68.6 Å². The van der Waals surface area contributed by atoms with Gasteiger partial charge in [0.25, 0.3) is 0 Å². The Morgan fingerprint density at radius 2 is 1.68 bits per heavy atom. The Hall–Kier alpha value is -0.970. The number of thioether (sulfide) groups is 1. The smallest absolute Gasteiger partial charge is 0.294 e. The van der Waals surface area contributed by atoms with Gasteiger partial charge in [-0.3, -0.25) is 4.79 Å². The zero-order chi connectivity index (χ0) is 25.7. The van der Waals surface area contributed by atoms with Crippen LogP contribution >= 0.6 is 55.2 Å². The molecule has 2 atom stereocenters. The molecule has 0 spiro atoms. The number of benzene rings is 2. The van der Waals surface area contributed by atoms with Gasteiger partial charge in [0.15, 0.2) is 5.78 Å². The molecule has 0 amide bonds. The first-order valence-corrected chi connectivity index (χ1v) is 13.0. The molecule has 0 heterocycles. The first kappa shape index (κ1) is 29.3. The van der Waals surface area contributed by atoms with Gasteiger partial charge in [-0.15, -0.1) is 0 Å². The van der Waals surface area contributed by atoms with E-state index in [2.05, 4.69) is 31.9 Å². The normalized spacial score (nSPS) is 14.4. The lowest BCUT2D eigenvalue weighted by Gasteiger charge is -2.18. The monoisotopic (exact) mass is 650 g/mol. The van der Waals surface area contributed by atoms with Crippen LogP contribution in [0.15, 0.2) is 51.4 Å². The highest BCUT2D eigenvalue weighted by molar-refractivity contribution is 9.11. The van der Waals surface area contributed by atoms with Crippen molar-refractivity contribution in [1.29, 1.82) is 0 Å². The number of allylic oxidation sites excluding steroid dienone is 1. The Bertz CT molecular complexity index is 1020. The van der Waals surface area contributed by atoms with E-state index in [0.717, 1.165) is 6.08 Å². The molecule has 0 aliphatic carbocycles. The first-order chi connectivity index (χ1) is 15.7. The van der Waals surface area contributed by atoms with Gasteiger partial charge in [0.05, 0.1) is 16.7 Å². The number of hydrogen-bond acceptors (Lipinski definition) is 2. The zero-order valence-electron chi connectivity index (χ0n) is 17.6. The summed E-state index contributed by atoms with van der Waals surface area (Å²) < 4.78 is 78.8. The average molecular weight is 653 g/mol. The van der Waals surface area contributed by atoms with Crippen LogP contribution < -0.4 is 0 Å². The van der Waals surface area contributed by atoms with Crippen molar-refractivity contribution in [2.75, 3.05) is 11.5 Å². The van der Waals surface area contributed by atoms with Crippen molar-refractivity contribution >= 4 is 67.1 Å². The molecule has 34 heavy (non-hydrogen) atoms. The maximum Gasteiger partial charge on any atom is 0.399 e. The van der Waals surface area contributed by atoms with Crippen LogP contribution in [0.1, 0.15) is 40.7 Å². The van der Waals surface area contributed by atoms with E-state index in [1.54, 1.807) is 13.0 Å². The summed E-state index contributed by atoms with van der Waals surface area (Å²) >= 11 is 13.3. The Balaban J connectivity index is 2.13. The number of carbonyl (C=O) groups excluding carboxylic acids is 1. The van der Waals surface area contributed by atoms with Crippen molar-refractivity contribution < 1.29 is 31.1 Å². The highest BCUT2D eigenvalue weighted by atomic mass is 79.9. The van der Waals surface area contributed by atoms with E-state index in [9.17, 15) is 31.1 Å². The molecule has 0 fully saturated rings. The molecule has 0 bridgehead atoms. The van der Waals surface area contributed by atoms with Crippen LogP contribution in [0.25, 0.3) is 6.08 Å². The predicted octanol–water partition coefficient (Wildman–Crippen LogP) is 9.73. The molecule has 2 rings (SSSR count). The topological polar surface area (TPSA) is 17.1 Å². The van der Waals surface area contributed by atoms with Gasteiger partial charge < -0.3 is 0 Å². The Morgan fingerprint density at radius 3 is 2.21 bits per heavy atom. The standard InChI is InChI=1S/C23H19Br2ClF6OS/c1-13(11-34-12-22(27,28)29)6-21(33)18-4-2-14(7-20(18)26)3-5-19(23(30,31)32)15-8-16(24)10-17(25)9-15/h2-5,7-10,13,19H,6,11-12H2,1H3/b5-3+/t13-,19?/m0/s1. The zero-order valence-corrected chi connectivity index (χ0v) is 22.4. The van der Waals surface area contributed by atoms with Gasteiger partial charge in [-0.05, 0) is 53.1 Å². The summed E-state index contributed by atoms with van der Waals surface area (Å²) in [4.78, 5) is 12.5. The van der Waals surface area contributed by atoms with Crippen LogP contribution in [-0.2, 0) is 0 Å². The number of alkyl halides is 6. The SMILES string of the molecule is C[C@H](CSCC(F)(F)F)CC(=O)c1ccc(/C=C/C(c2cc(Br)cc(Br)c2)C(F)(F)F)cc1Cl. The number of halogens is 9. The fourth-order valence-electron chi connectivity index (χ4n) is 3.09. The van der Waals surface area contributed by atoms with E-state index in [1.165, 1.54) is 36.4 Å². The fraction of sp³-hybridized carbons (Fsp3) is 0.348. The van der Waals surface area contributed by atoms with Crippen molar-refractivity contribution in [2.45, 2.75) is 31.6 Å². The highest BCUT2D eigenvalue weighted by Crippen LogP contribution is 2.38. The highest BCUT2D eigenvalue weighted by Gasteiger charge is 2.39. The molecule has 0 N–H and O–H groups in total. The first-order valence-electron chi connectivity index (χ1n) is 9.84. The molecule has 0 radical (unpaired) electrons. The summed E-state index contributed by atoms with van der Waals surface area (Å²) in [6.07, 6.45) is -6.49. The summed E-state index contributed by atoms with van der Waals surface area (Å²) in [5.74, 6) is -3.33. The molecule has 2 aromatic carbocycles. The lowest BCUT2D eigenvalue weighted by atomic mass is 9.96. The van der Waals surface area contributed by atoms with E-state index in [4.69, 9.17) is 11.6 Å². The third kappa shape index (κ3) is 9.59. The van der Waals surface area contributed by atoms with Gasteiger partial charge in [-0.2, -0.15) is 38.1 Å². The van der Waals surface area contributed by atoms with Crippen molar-refractivity contribution in [3.05, 3.63) is 73.1 Å².